The van der Waals surface area contributed by atoms with Crippen LogP contribution in [0.5, 0.6) is 0 Å². The highest BCUT2D eigenvalue weighted by Crippen LogP contribution is 2.31. The van der Waals surface area contributed by atoms with Crippen molar-refractivity contribution in [3.05, 3.63) is 30.0 Å². The highest BCUT2D eigenvalue weighted by Gasteiger charge is 2.16. The number of nitrogens with zero attached hydrogens (tertiary/aromatic N) is 1. The van der Waals surface area contributed by atoms with Gasteiger partial charge in [0.15, 0.2) is 0 Å². The van der Waals surface area contributed by atoms with Gasteiger partial charge in [-0.3, -0.25) is 0 Å². The molecular weight excluding hydrogens is 186 g/mol. The zero-order chi connectivity index (χ0) is 10.3. The van der Waals surface area contributed by atoms with Crippen molar-refractivity contribution < 1.29 is 4.42 Å². The van der Waals surface area contributed by atoms with Gasteiger partial charge in [-0.1, -0.05) is 11.6 Å². The first kappa shape index (κ1) is 8.84. The monoisotopic (exact) mass is 201 g/mol. The van der Waals surface area contributed by atoms with E-state index in [0.29, 0.717) is 0 Å². The van der Waals surface area contributed by atoms with E-state index in [-0.39, 0.29) is 0 Å². The van der Waals surface area contributed by atoms with Crippen LogP contribution in [0, 0.1) is 6.92 Å². The molecule has 15 heavy (non-hydrogen) atoms. The summed E-state index contributed by atoms with van der Waals surface area (Å²) in [6.07, 6.45) is 4.51. The molecular formula is C13H15NO. The molecule has 1 fully saturated rings. The van der Waals surface area contributed by atoms with Gasteiger partial charge in [-0.15, -0.1) is 0 Å². The van der Waals surface area contributed by atoms with Gasteiger partial charge >= 0.3 is 0 Å². The number of hydrogen-bond donors (Lipinski definition) is 0. The number of rotatable bonds is 1. The van der Waals surface area contributed by atoms with Crippen LogP contribution >= 0.6 is 0 Å². The van der Waals surface area contributed by atoms with Crippen molar-refractivity contribution in [3.8, 4) is 0 Å². The highest BCUT2D eigenvalue weighted by molar-refractivity contribution is 5.91. The molecule has 1 aliphatic heterocycles. The third-order valence-corrected chi connectivity index (χ3v) is 3.16. The van der Waals surface area contributed by atoms with E-state index in [1.54, 1.807) is 0 Å². The van der Waals surface area contributed by atoms with Gasteiger partial charge in [0.05, 0.1) is 5.69 Å². The highest BCUT2D eigenvalue weighted by atomic mass is 16.3. The van der Waals surface area contributed by atoms with Crippen LogP contribution in [0.3, 0.4) is 0 Å². The van der Waals surface area contributed by atoms with Crippen molar-refractivity contribution in [2.45, 2.75) is 19.8 Å². The molecule has 0 radical (unpaired) electrons. The molecule has 2 heterocycles. The Kier molecular flexibility index (Phi) is 1.94. The average molecular weight is 201 g/mol. The Morgan fingerprint density at radius 1 is 1.20 bits per heavy atom. The molecule has 0 amide bonds. The average Bonchev–Trinajstić information content (AvgIpc) is 2.83. The Balaban J connectivity index is 2.13. The summed E-state index contributed by atoms with van der Waals surface area (Å²) in [6, 6.07) is 6.37. The van der Waals surface area contributed by atoms with Gasteiger partial charge in [0.25, 0.3) is 0 Å². The zero-order valence-corrected chi connectivity index (χ0v) is 8.99. The normalized spacial score (nSPS) is 16.5. The van der Waals surface area contributed by atoms with Crippen LogP contribution in [0.15, 0.2) is 28.9 Å². The van der Waals surface area contributed by atoms with Crippen LogP contribution < -0.4 is 4.90 Å². The second kappa shape index (κ2) is 3.30. The maximum atomic E-state index is 5.57. The first-order chi connectivity index (χ1) is 7.34. The van der Waals surface area contributed by atoms with Crippen LogP contribution in [0.1, 0.15) is 18.4 Å². The summed E-state index contributed by atoms with van der Waals surface area (Å²) < 4.78 is 5.57. The standard InChI is InChI=1S/C13H15NO/c1-10-4-5-13-11(8-10)12(9-15-13)14-6-2-3-7-14/h4-5,8-9H,2-3,6-7H2,1H3. The molecule has 0 aliphatic carbocycles. The number of anilines is 1. The quantitative estimate of drug-likeness (QED) is 0.703. The zero-order valence-electron chi connectivity index (χ0n) is 8.99. The molecule has 0 spiro atoms. The van der Waals surface area contributed by atoms with Crippen molar-refractivity contribution in [3.63, 3.8) is 0 Å². The van der Waals surface area contributed by atoms with Crippen LogP contribution in [0.4, 0.5) is 5.69 Å². The van der Waals surface area contributed by atoms with E-state index in [9.17, 15) is 0 Å². The molecule has 0 saturated carbocycles. The number of fused-ring (bicyclic) bond motifs is 1. The van der Waals surface area contributed by atoms with Gasteiger partial charge in [0.2, 0.25) is 0 Å². The minimum Gasteiger partial charge on any atom is -0.462 e. The van der Waals surface area contributed by atoms with Crippen LogP contribution in [0.2, 0.25) is 0 Å². The Labute approximate surface area is 89.5 Å². The molecule has 1 saturated heterocycles. The molecule has 0 atom stereocenters. The van der Waals surface area contributed by atoms with Crippen molar-refractivity contribution in [2.75, 3.05) is 18.0 Å². The van der Waals surface area contributed by atoms with Crippen molar-refractivity contribution >= 4 is 16.7 Å². The fourth-order valence-corrected chi connectivity index (χ4v) is 2.33. The van der Waals surface area contributed by atoms with Crippen molar-refractivity contribution in [1.29, 1.82) is 0 Å². The fraction of sp³-hybridized carbons (Fsp3) is 0.385. The topological polar surface area (TPSA) is 16.4 Å². The molecule has 2 heteroatoms. The third-order valence-electron chi connectivity index (χ3n) is 3.16. The lowest BCUT2D eigenvalue weighted by Gasteiger charge is -2.15. The summed E-state index contributed by atoms with van der Waals surface area (Å²) in [5.41, 5.74) is 3.57. The maximum Gasteiger partial charge on any atom is 0.136 e. The predicted molar refractivity (Wildman–Crippen MR) is 62.4 cm³/mol. The molecule has 2 aromatic rings. The number of aryl methyl sites for hydroxylation is 1. The lowest BCUT2D eigenvalue weighted by atomic mass is 10.1. The van der Waals surface area contributed by atoms with E-state index in [2.05, 4.69) is 30.0 Å². The summed E-state index contributed by atoms with van der Waals surface area (Å²) in [6.45, 7) is 4.46. The minimum atomic E-state index is 1.00. The smallest absolute Gasteiger partial charge is 0.136 e. The van der Waals surface area contributed by atoms with Crippen LogP contribution in [0.25, 0.3) is 11.0 Å². The molecule has 1 aromatic carbocycles. The van der Waals surface area contributed by atoms with E-state index in [1.807, 2.05) is 6.26 Å². The number of hydrogen-bond acceptors (Lipinski definition) is 2. The third kappa shape index (κ3) is 1.41. The van der Waals surface area contributed by atoms with Gasteiger partial charge < -0.3 is 9.32 Å². The molecule has 0 bridgehead atoms. The second-order valence-corrected chi connectivity index (χ2v) is 4.31. The van der Waals surface area contributed by atoms with E-state index in [1.165, 1.54) is 42.6 Å². The Morgan fingerprint density at radius 3 is 2.80 bits per heavy atom. The Hall–Kier alpha value is -1.44. The largest absolute Gasteiger partial charge is 0.462 e. The summed E-state index contributed by atoms with van der Waals surface area (Å²) in [4.78, 5) is 2.42. The lowest BCUT2D eigenvalue weighted by molar-refractivity contribution is 0.614. The SMILES string of the molecule is Cc1ccc2occ(N3CCCC3)c2c1. The van der Waals surface area contributed by atoms with E-state index < -0.39 is 0 Å². The van der Waals surface area contributed by atoms with E-state index >= 15 is 0 Å². The number of furan rings is 1. The van der Waals surface area contributed by atoms with Gasteiger partial charge in [0.1, 0.15) is 11.8 Å². The van der Waals surface area contributed by atoms with Gasteiger partial charge in [-0.25, -0.2) is 0 Å². The number of benzene rings is 1. The summed E-state index contributed by atoms with van der Waals surface area (Å²) in [5.74, 6) is 0. The molecule has 1 aliphatic rings. The van der Waals surface area contributed by atoms with Gasteiger partial charge in [-0.2, -0.15) is 0 Å². The van der Waals surface area contributed by atoms with E-state index in [0.717, 1.165) is 5.58 Å². The first-order valence-electron chi connectivity index (χ1n) is 5.57. The summed E-state index contributed by atoms with van der Waals surface area (Å²) in [7, 11) is 0. The minimum absolute atomic E-state index is 1.00. The second-order valence-electron chi connectivity index (χ2n) is 4.31. The van der Waals surface area contributed by atoms with Crippen molar-refractivity contribution in [2.24, 2.45) is 0 Å². The van der Waals surface area contributed by atoms with E-state index in [4.69, 9.17) is 4.42 Å². The fourth-order valence-electron chi connectivity index (χ4n) is 2.33. The molecule has 0 unspecified atom stereocenters. The molecule has 3 rings (SSSR count). The van der Waals surface area contributed by atoms with Crippen molar-refractivity contribution in [1.82, 2.24) is 0 Å². The summed E-state index contributed by atoms with van der Waals surface area (Å²) in [5, 5.41) is 1.26. The molecule has 78 valence electrons. The van der Waals surface area contributed by atoms with Gasteiger partial charge in [0, 0.05) is 18.5 Å². The molecule has 1 aromatic heterocycles. The molecule has 0 N–H and O–H groups in total. The Bertz CT molecular complexity index is 480. The van der Waals surface area contributed by atoms with Crippen LogP contribution in [-0.4, -0.2) is 13.1 Å². The van der Waals surface area contributed by atoms with Gasteiger partial charge in [-0.05, 0) is 31.9 Å². The lowest BCUT2D eigenvalue weighted by Crippen LogP contribution is -2.16. The van der Waals surface area contributed by atoms with Crippen LogP contribution in [-0.2, 0) is 0 Å². The maximum absolute atomic E-state index is 5.57. The predicted octanol–water partition coefficient (Wildman–Crippen LogP) is 3.34. The first-order valence-corrected chi connectivity index (χ1v) is 5.57. The Morgan fingerprint density at radius 2 is 2.00 bits per heavy atom. The molecule has 2 nitrogen and oxygen atoms in total. The summed E-state index contributed by atoms with van der Waals surface area (Å²) >= 11 is 0.